The highest BCUT2D eigenvalue weighted by molar-refractivity contribution is 6.30. The number of fused-ring (bicyclic) bond motifs is 5. The summed E-state index contributed by atoms with van der Waals surface area (Å²) in [6.45, 7) is 1.04. The molecular weight excluding hydrogens is 258 g/mol. The van der Waals surface area contributed by atoms with Crippen LogP contribution in [0, 0.1) is 5.92 Å². The molecule has 3 unspecified atom stereocenters. The van der Waals surface area contributed by atoms with Crippen molar-refractivity contribution in [2.45, 2.75) is 50.6 Å². The molecule has 0 bridgehead atoms. The number of hydrogen-bond donors (Lipinski definition) is 1. The lowest BCUT2D eigenvalue weighted by Gasteiger charge is -2.51. The zero-order valence-corrected chi connectivity index (χ0v) is 11.9. The van der Waals surface area contributed by atoms with E-state index in [0.717, 1.165) is 29.0 Å². The van der Waals surface area contributed by atoms with E-state index in [0.29, 0.717) is 12.1 Å². The Morgan fingerprint density at radius 1 is 1.21 bits per heavy atom. The largest absolute Gasteiger partial charge is 0.380 e. The molecule has 1 saturated heterocycles. The van der Waals surface area contributed by atoms with Gasteiger partial charge in [0.1, 0.15) is 0 Å². The van der Waals surface area contributed by atoms with Gasteiger partial charge in [-0.3, -0.25) is 0 Å². The van der Waals surface area contributed by atoms with Gasteiger partial charge in [0, 0.05) is 24.8 Å². The van der Waals surface area contributed by atoms with Crippen molar-refractivity contribution in [3.63, 3.8) is 0 Å². The third kappa shape index (κ3) is 1.90. The fraction of sp³-hybridized carbons (Fsp3) is 0.667. The standard InChI is InChI=1S/C15H20ClN3/c16-11-7-13-15(18-8-11)19-12(9-17-13)6-5-10-3-1-2-4-14(10)19/h7-8,10,12,14,17H,1-6,9H2. The number of nitrogens with zero attached hydrogens (tertiary/aromatic N) is 2. The van der Waals surface area contributed by atoms with Crippen molar-refractivity contribution in [3.8, 4) is 0 Å². The van der Waals surface area contributed by atoms with Crippen LogP contribution in [0.4, 0.5) is 11.5 Å². The van der Waals surface area contributed by atoms with Crippen LogP contribution in [0.1, 0.15) is 38.5 Å². The molecule has 2 aliphatic heterocycles. The first-order valence-corrected chi connectivity index (χ1v) is 7.88. The monoisotopic (exact) mass is 277 g/mol. The SMILES string of the molecule is Clc1cnc2c(c1)NCC1CCC3CCCCC3N21. The minimum atomic E-state index is 0.625. The Hall–Kier alpha value is -0.960. The Balaban J connectivity index is 1.74. The number of pyridine rings is 1. The van der Waals surface area contributed by atoms with Gasteiger partial charge in [-0.1, -0.05) is 24.4 Å². The number of hydrogen-bond acceptors (Lipinski definition) is 3. The van der Waals surface area contributed by atoms with Crippen molar-refractivity contribution in [1.29, 1.82) is 0 Å². The predicted molar refractivity (Wildman–Crippen MR) is 79.0 cm³/mol. The van der Waals surface area contributed by atoms with Crippen LogP contribution in [0.2, 0.25) is 5.02 Å². The number of aromatic nitrogens is 1. The van der Waals surface area contributed by atoms with Gasteiger partial charge in [0.25, 0.3) is 0 Å². The lowest BCUT2D eigenvalue weighted by Crippen LogP contribution is -2.57. The second kappa shape index (κ2) is 4.55. The molecule has 0 radical (unpaired) electrons. The van der Waals surface area contributed by atoms with Crippen molar-refractivity contribution >= 4 is 23.1 Å². The summed E-state index contributed by atoms with van der Waals surface area (Å²) in [5.41, 5.74) is 1.12. The highest BCUT2D eigenvalue weighted by Crippen LogP contribution is 2.44. The minimum absolute atomic E-state index is 0.625. The molecule has 0 amide bonds. The van der Waals surface area contributed by atoms with Gasteiger partial charge < -0.3 is 10.2 Å². The first-order valence-electron chi connectivity index (χ1n) is 7.50. The van der Waals surface area contributed by atoms with E-state index in [1.54, 1.807) is 6.20 Å². The lowest BCUT2D eigenvalue weighted by molar-refractivity contribution is 0.214. The summed E-state index contributed by atoms with van der Waals surface area (Å²) < 4.78 is 0. The quantitative estimate of drug-likeness (QED) is 0.784. The molecule has 4 rings (SSSR count). The van der Waals surface area contributed by atoms with Gasteiger partial charge in [-0.05, 0) is 37.7 Å². The van der Waals surface area contributed by atoms with E-state index >= 15 is 0 Å². The zero-order valence-electron chi connectivity index (χ0n) is 11.1. The molecule has 1 saturated carbocycles. The summed E-state index contributed by atoms with van der Waals surface area (Å²) in [5.74, 6) is 2.02. The molecule has 1 aliphatic carbocycles. The number of anilines is 2. The summed E-state index contributed by atoms with van der Waals surface area (Å²) in [6, 6.07) is 3.36. The van der Waals surface area contributed by atoms with Gasteiger partial charge >= 0.3 is 0 Å². The minimum Gasteiger partial charge on any atom is -0.380 e. The van der Waals surface area contributed by atoms with Crippen LogP contribution in [0.25, 0.3) is 0 Å². The molecule has 3 atom stereocenters. The van der Waals surface area contributed by atoms with Crippen molar-refractivity contribution in [3.05, 3.63) is 17.3 Å². The Morgan fingerprint density at radius 2 is 2.11 bits per heavy atom. The summed E-state index contributed by atoms with van der Waals surface area (Å²) in [6.07, 6.45) is 10.0. The summed E-state index contributed by atoms with van der Waals surface area (Å²) in [7, 11) is 0. The van der Waals surface area contributed by atoms with Crippen molar-refractivity contribution in [2.24, 2.45) is 5.92 Å². The summed E-state index contributed by atoms with van der Waals surface area (Å²) in [4.78, 5) is 7.25. The van der Waals surface area contributed by atoms with E-state index < -0.39 is 0 Å². The first kappa shape index (κ1) is 11.8. The number of halogens is 1. The second-order valence-electron chi connectivity index (χ2n) is 6.16. The molecule has 102 valence electrons. The normalized spacial score (nSPS) is 32.9. The molecule has 0 aromatic carbocycles. The van der Waals surface area contributed by atoms with E-state index in [9.17, 15) is 0 Å². The van der Waals surface area contributed by atoms with E-state index in [-0.39, 0.29) is 0 Å². The van der Waals surface area contributed by atoms with Gasteiger partial charge in [-0.15, -0.1) is 0 Å². The molecule has 1 aromatic rings. The third-order valence-electron chi connectivity index (χ3n) is 5.10. The second-order valence-corrected chi connectivity index (χ2v) is 6.59. The van der Waals surface area contributed by atoms with Crippen molar-refractivity contribution < 1.29 is 0 Å². The summed E-state index contributed by atoms with van der Waals surface area (Å²) >= 11 is 6.07. The van der Waals surface area contributed by atoms with Gasteiger partial charge in [0.2, 0.25) is 0 Å². The highest BCUT2D eigenvalue weighted by atomic mass is 35.5. The molecule has 19 heavy (non-hydrogen) atoms. The Kier molecular flexibility index (Phi) is 2.83. The average molecular weight is 278 g/mol. The van der Waals surface area contributed by atoms with Gasteiger partial charge in [0.15, 0.2) is 5.82 Å². The number of nitrogens with one attached hydrogen (secondary N) is 1. The molecule has 3 heterocycles. The third-order valence-corrected chi connectivity index (χ3v) is 5.30. The topological polar surface area (TPSA) is 28.2 Å². The lowest BCUT2D eigenvalue weighted by atomic mass is 9.76. The fourth-order valence-electron chi connectivity index (χ4n) is 4.23. The van der Waals surface area contributed by atoms with Crippen molar-refractivity contribution in [2.75, 3.05) is 16.8 Å². The highest BCUT2D eigenvalue weighted by Gasteiger charge is 2.41. The van der Waals surface area contributed by atoms with E-state index in [1.807, 2.05) is 6.07 Å². The molecule has 3 aliphatic rings. The average Bonchev–Trinajstić information content (AvgIpc) is 2.46. The maximum absolute atomic E-state index is 6.07. The Morgan fingerprint density at radius 3 is 3.05 bits per heavy atom. The Labute approximate surface area is 119 Å². The van der Waals surface area contributed by atoms with Crippen molar-refractivity contribution in [1.82, 2.24) is 4.98 Å². The maximum Gasteiger partial charge on any atom is 0.152 e. The van der Waals surface area contributed by atoms with E-state index in [1.165, 1.54) is 38.5 Å². The first-order chi connectivity index (χ1) is 9.33. The summed E-state index contributed by atoms with van der Waals surface area (Å²) in [5, 5.41) is 4.23. The van der Waals surface area contributed by atoms with Crippen LogP contribution in [0.3, 0.4) is 0 Å². The molecule has 1 N–H and O–H groups in total. The smallest absolute Gasteiger partial charge is 0.152 e. The fourth-order valence-corrected chi connectivity index (χ4v) is 4.39. The van der Waals surface area contributed by atoms with Crippen LogP contribution in [0.15, 0.2) is 12.3 Å². The molecule has 4 heteroatoms. The number of rotatable bonds is 0. The van der Waals surface area contributed by atoms with E-state index in [4.69, 9.17) is 11.6 Å². The molecule has 1 aromatic heterocycles. The molecule has 3 nitrogen and oxygen atoms in total. The van der Waals surface area contributed by atoms with Gasteiger partial charge in [-0.25, -0.2) is 4.98 Å². The van der Waals surface area contributed by atoms with Crippen LogP contribution >= 0.6 is 11.6 Å². The molecular formula is C15H20ClN3. The van der Waals surface area contributed by atoms with Crippen LogP contribution in [0.5, 0.6) is 0 Å². The molecule has 0 spiro atoms. The predicted octanol–water partition coefficient (Wildman–Crippen LogP) is 3.69. The van der Waals surface area contributed by atoms with Crippen LogP contribution < -0.4 is 10.2 Å². The molecule has 2 fully saturated rings. The van der Waals surface area contributed by atoms with Gasteiger partial charge in [-0.2, -0.15) is 0 Å². The number of piperidine rings is 1. The van der Waals surface area contributed by atoms with Crippen LogP contribution in [-0.4, -0.2) is 23.6 Å². The Bertz CT molecular complexity index is 490. The maximum atomic E-state index is 6.07. The van der Waals surface area contributed by atoms with Gasteiger partial charge in [0.05, 0.1) is 10.7 Å². The van der Waals surface area contributed by atoms with Crippen LogP contribution in [-0.2, 0) is 0 Å². The van der Waals surface area contributed by atoms with E-state index in [2.05, 4.69) is 15.2 Å². The zero-order chi connectivity index (χ0) is 12.8.